The normalized spacial score (nSPS) is 12.3. The van der Waals surface area contributed by atoms with Crippen LogP contribution in [0.2, 0.25) is 0 Å². The standard InChI is InChI=1S/C26H21FN2O2/c27-20-13-12-18(19(15-20)16-28)7-5-6-14-29-26(30)31-17-25-23-10-3-1-8-21(23)22-9-2-4-11-24(22)25/h1-5,7-13,15,25H,6,14,17H2,(H,29,30). The molecule has 0 radical (unpaired) electrons. The van der Waals surface area contributed by atoms with E-state index in [1.807, 2.05) is 36.4 Å². The first kappa shape index (κ1) is 20.4. The summed E-state index contributed by atoms with van der Waals surface area (Å²) in [5.41, 5.74) is 5.65. The molecule has 1 aliphatic rings. The molecule has 4 rings (SSSR count). The zero-order valence-electron chi connectivity index (χ0n) is 16.8. The highest BCUT2D eigenvalue weighted by molar-refractivity contribution is 5.79. The molecule has 4 nitrogen and oxygen atoms in total. The summed E-state index contributed by atoms with van der Waals surface area (Å²) in [4.78, 5) is 12.2. The lowest BCUT2D eigenvalue weighted by Gasteiger charge is -2.14. The second-order valence-electron chi connectivity index (χ2n) is 7.29. The van der Waals surface area contributed by atoms with Crippen LogP contribution in [-0.4, -0.2) is 19.2 Å². The van der Waals surface area contributed by atoms with Crippen molar-refractivity contribution in [2.24, 2.45) is 0 Å². The zero-order chi connectivity index (χ0) is 21.6. The van der Waals surface area contributed by atoms with E-state index in [0.29, 0.717) is 18.5 Å². The number of nitrogens with zero attached hydrogens (tertiary/aromatic N) is 1. The van der Waals surface area contributed by atoms with Gasteiger partial charge in [-0.25, -0.2) is 9.18 Å². The number of halogens is 1. The summed E-state index contributed by atoms with van der Waals surface area (Å²) < 4.78 is 18.7. The van der Waals surface area contributed by atoms with E-state index in [1.165, 1.54) is 34.4 Å². The molecule has 0 bridgehead atoms. The van der Waals surface area contributed by atoms with Crippen LogP contribution in [0, 0.1) is 17.1 Å². The molecule has 1 N–H and O–H groups in total. The fourth-order valence-electron chi connectivity index (χ4n) is 3.89. The Bertz CT molecular complexity index is 1130. The zero-order valence-corrected chi connectivity index (χ0v) is 16.8. The van der Waals surface area contributed by atoms with Crippen molar-refractivity contribution in [2.45, 2.75) is 12.3 Å². The molecule has 0 heterocycles. The number of rotatable bonds is 6. The lowest BCUT2D eigenvalue weighted by atomic mass is 9.98. The van der Waals surface area contributed by atoms with E-state index in [9.17, 15) is 9.18 Å². The van der Waals surface area contributed by atoms with Crippen LogP contribution < -0.4 is 5.32 Å². The molecule has 1 amide bonds. The predicted octanol–water partition coefficient (Wildman–Crippen LogP) is 5.64. The number of carbonyl (C=O) groups excluding carboxylic acids is 1. The highest BCUT2D eigenvalue weighted by Crippen LogP contribution is 2.44. The van der Waals surface area contributed by atoms with Crippen molar-refractivity contribution in [2.75, 3.05) is 13.2 Å². The Morgan fingerprint density at radius 1 is 1.06 bits per heavy atom. The Balaban J connectivity index is 1.28. The first-order chi connectivity index (χ1) is 15.2. The van der Waals surface area contributed by atoms with Crippen LogP contribution in [0.3, 0.4) is 0 Å². The second-order valence-corrected chi connectivity index (χ2v) is 7.29. The molecule has 0 aliphatic heterocycles. The molecule has 3 aromatic carbocycles. The van der Waals surface area contributed by atoms with Crippen LogP contribution in [0.1, 0.15) is 34.6 Å². The quantitative estimate of drug-likeness (QED) is 0.533. The minimum absolute atomic E-state index is 0.0286. The summed E-state index contributed by atoms with van der Waals surface area (Å²) >= 11 is 0. The third-order valence-corrected chi connectivity index (χ3v) is 5.36. The van der Waals surface area contributed by atoms with E-state index in [2.05, 4.69) is 29.6 Å². The van der Waals surface area contributed by atoms with Gasteiger partial charge in [-0.2, -0.15) is 5.26 Å². The lowest BCUT2D eigenvalue weighted by molar-refractivity contribution is 0.143. The second kappa shape index (κ2) is 9.27. The highest BCUT2D eigenvalue weighted by Gasteiger charge is 2.28. The molecule has 3 aromatic rings. The highest BCUT2D eigenvalue weighted by atomic mass is 19.1. The average Bonchev–Trinajstić information content (AvgIpc) is 3.12. The molecule has 154 valence electrons. The van der Waals surface area contributed by atoms with E-state index < -0.39 is 11.9 Å². The minimum Gasteiger partial charge on any atom is -0.449 e. The SMILES string of the molecule is N#Cc1cc(F)ccc1C=CCCNC(=O)OCC1c2ccccc2-c2ccccc21. The fourth-order valence-corrected chi connectivity index (χ4v) is 3.89. The summed E-state index contributed by atoms with van der Waals surface area (Å²) in [6, 6.07) is 22.4. The van der Waals surface area contributed by atoms with Gasteiger partial charge in [0.25, 0.3) is 0 Å². The molecular weight excluding hydrogens is 391 g/mol. The Kier molecular flexibility index (Phi) is 6.09. The van der Waals surface area contributed by atoms with Crippen LogP contribution in [0.15, 0.2) is 72.8 Å². The molecule has 0 unspecified atom stereocenters. The minimum atomic E-state index is -0.463. The van der Waals surface area contributed by atoms with E-state index in [-0.39, 0.29) is 18.1 Å². The monoisotopic (exact) mass is 412 g/mol. The largest absolute Gasteiger partial charge is 0.449 e. The Labute approximate surface area is 180 Å². The molecule has 0 saturated heterocycles. The van der Waals surface area contributed by atoms with Gasteiger partial charge in [0.05, 0.1) is 11.6 Å². The maximum absolute atomic E-state index is 13.2. The number of hydrogen-bond acceptors (Lipinski definition) is 3. The van der Waals surface area contributed by atoms with Gasteiger partial charge in [0.1, 0.15) is 12.4 Å². The molecular formula is C26H21FN2O2. The van der Waals surface area contributed by atoms with Crippen LogP contribution >= 0.6 is 0 Å². The smallest absolute Gasteiger partial charge is 0.407 e. The Morgan fingerprint density at radius 2 is 1.74 bits per heavy atom. The third-order valence-electron chi connectivity index (χ3n) is 5.36. The maximum Gasteiger partial charge on any atom is 0.407 e. The molecule has 1 aliphatic carbocycles. The number of carbonyl (C=O) groups is 1. The Morgan fingerprint density at radius 3 is 2.42 bits per heavy atom. The van der Waals surface area contributed by atoms with E-state index in [0.717, 1.165) is 0 Å². The fraction of sp³-hybridized carbons (Fsp3) is 0.154. The molecule has 5 heteroatoms. The van der Waals surface area contributed by atoms with Crippen LogP contribution in [0.25, 0.3) is 17.2 Å². The molecule has 0 fully saturated rings. The van der Waals surface area contributed by atoms with Crippen LogP contribution in [0.5, 0.6) is 0 Å². The molecule has 31 heavy (non-hydrogen) atoms. The summed E-state index contributed by atoms with van der Waals surface area (Å²) in [5.74, 6) is -0.411. The van der Waals surface area contributed by atoms with Crippen molar-refractivity contribution in [1.29, 1.82) is 5.26 Å². The molecule has 0 aromatic heterocycles. The van der Waals surface area contributed by atoms with Crippen molar-refractivity contribution in [3.05, 3.63) is 101 Å². The van der Waals surface area contributed by atoms with E-state index in [1.54, 1.807) is 12.1 Å². The summed E-state index contributed by atoms with van der Waals surface area (Å²) in [6.45, 7) is 0.674. The first-order valence-corrected chi connectivity index (χ1v) is 10.1. The van der Waals surface area contributed by atoms with Crippen LogP contribution in [-0.2, 0) is 4.74 Å². The van der Waals surface area contributed by atoms with Crippen molar-refractivity contribution in [3.63, 3.8) is 0 Å². The van der Waals surface area contributed by atoms with Gasteiger partial charge in [0, 0.05) is 12.5 Å². The van der Waals surface area contributed by atoms with Gasteiger partial charge < -0.3 is 10.1 Å². The van der Waals surface area contributed by atoms with Gasteiger partial charge >= 0.3 is 6.09 Å². The van der Waals surface area contributed by atoms with Gasteiger partial charge in [-0.15, -0.1) is 0 Å². The van der Waals surface area contributed by atoms with Crippen molar-refractivity contribution < 1.29 is 13.9 Å². The molecule has 0 atom stereocenters. The van der Waals surface area contributed by atoms with Gasteiger partial charge in [0.2, 0.25) is 0 Å². The van der Waals surface area contributed by atoms with Crippen LogP contribution in [0.4, 0.5) is 9.18 Å². The summed E-state index contributed by atoms with van der Waals surface area (Å²) in [5, 5.41) is 11.8. The number of ether oxygens (including phenoxy) is 1. The molecule has 0 spiro atoms. The van der Waals surface area contributed by atoms with E-state index >= 15 is 0 Å². The number of benzene rings is 3. The number of fused-ring (bicyclic) bond motifs is 3. The average molecular weight is 412 g/mol. The topological polar surface area (TPSA) is 62.1 Å². The number of nitrogens with one attached hydrogen (secondary N) is 1. The third kappa shape index (κ3) is 4.49. The van der Waals surface area contributed by atoms with Crippen molar-refractivity contribution >= 4 is 12.2 Å². The summed E-state index contributed by atoms with van der Waals surface area (Å²) in [6.07, 6.45) is 3.68. The Hall–Kier alpha value is -3.91. The lowest BCUT2D eigenvalue weighted by Crippen LogP contribution is -2.26. The molecule has 0 saturated carbocycles. The maximum atomic E-state index is 13.2. The predicted molar refractivity (Wildman–Crippen MR) is 118 cm³/mol. The van der Waals surface area contributed by atoms with Gasteiger partial charge in [-0.1, -0.05) is 66.7 Å². The summed E-state index contributed by atoms with van der Waals surface area (Å²) in [7, 11) is 0. The number of nitriles is 1. The van der Waals surface area contributed by atoms with Gasteiger partial charge in [-0.05, 0) is 46.4 Å². The number of alkyl carbamates (subject to hydrolysis) is 1. The van der Waals surface area contributed by atoms with Gasteiger partial charge in [-0.3, -0.25) is 0 Å². The van der Waals surface area contributed by atoms with Gasteiger partial charge in [0.15, 0.2) is 0 Å². The number of hydrogen-bond donors (Lipinski definition) is 1. The van der Waals surface area contributed by atoms with E-state index in [4.69, 9.17) is 10.00 Å². The van der Waals surface area contributed by atoms with Crippen molar-refractivity contribution in [3.8, 4) is 17.2 Å². The first-order valence-electron chi connectivity index (χ1n) is 10.1. The van der Waals surface area contributed by atoms with Crippen molar-refractivity contribution in [1.82, 2.24) is 5.32 Å². The number of amides is 1.